The smallest absolute Gasteiger partial charge is 0.251 e. The maximum Gasteiger partial charge on any atom is 0.251 e. The van der Waals surface area contributed by atoms with E-state index in [2.05, 4.69) is 20.5 Å². The Morgan fingerprint density at radius 3 is 2.56 bits per heavy atom. The molecule has 1 aromatic carbocycles. The minimum absolute atomic E-state index is 0.115. The van der Waals surface area contributed by atoms with Crippen LogP contribution in [-0.4, -0.2) is 28.2 Å². The quantitative estimate of drug-likeness (QED) is 0.698. The summed E-state index contributed by atoms with van der Waals surface area (Å²) in [5.41, 5.74) is 6.38. The number of benzene rings is 1. The number of rotatable bonds is 6. The molecular weight excluding hydrogens is 340 g/mol. The molecule has 0 aliphatic heterocycles. The Labute approximate surface area is 159 Å². The number of amides is 1. The third-order valence-electron chi connectivity index (χ3n) is 4.52. The molecule has 0 unspecified atom stereocenters. The van der Waals surface area contributed by atoms with Gasteiger partial charge in [-0.3, -0.25) is 14.9 Å². The van der Waals surface area contributed by atoms with E-state index in [1.54, 1.807) is 13.3 Å². The third kappa shape index (κ3) is 4.23. The molecule has 3 rings (SSSR count). The lowest BCUT2D eigenvalue weighted by atomic mass is 10.0. The number of carbonyl (C=O) groups excluding carboxylic acids is 1. The van der Waals surface area contributed by atoms with Gasteiger partial charge >= 0.3 is 0 Å². The molecule has 6 heteroatoms. The Bertz CT molecular complexity index is 914. The summed E-state index contributed by atoms with van der Waals surface area (Å²) in [5, 5.41) is 10.3. The lowest BCUT2D eigenvalue weighted by molar-refractivity contribution is 0.0940. The average molecular weight is 364 g/mol. The molecule has 0 fully saturated rings. The number of aryl methyl sites for hydroxylation is 2. The highest BCUT2D eigenvalue weighted by molar-refractivity contribution is 5.95. The highest BCUT2D eigenvalue weighted by atomic mass is 16.5. The van der Waals surface area contributed by atoms with E-state index in [0.29, 0.717) is 12.2 Å². The van der Waals surface area contributed by atoms with Crippen molar-refractivity contribution in [2.24, 2.45) is 0 Å². The van der Waals surface area contributed by atoms with Crippen LogP contribution in [0.1, 0.15) is 46.0 Å². The molecule has 0 saturated carbocycles. The molecular formula is C21H24N4O2. The summed E-state index contributed by atoms with van der Waals surface area (Å²) >= 11 is 0. The molecule has 27 heavy (non-hydrogen) atoms. The van der Waals surface area contributed by atoms with Crippen LogP contribution >= 0.6 is 0 Å². The van der Waals surface area contributed by atoms with Gasteiger partial charge in [0.15, 0.2) is 0 Å². The molecule has 2 aromatic heterocycles. The number of aromatic nitrogens is 3. The monoisotopic (exact) mass is 364 g/mol. The van der Waals surface area contributed by atoms with Crippen molar-refractivity contribution in [1.82, 2.24) is 20.5 Å². The van der Waals surface area contributed by atoms with Crippen molar-refractivity contribution in [3.63, 3.8) is 0 Å². The van der Waals surface area contributed by atoms with Gasteiger partial charge < -0.3 is 10.1 Å². The number of hydrogen-bond acceptors (Lipinski definition) is 4. The number of H-pyrrole nitrogens is 1. The zero-order chi connectivity index (χ0) is 19.4. The number of nitrogens with zero attached hydrogens (tertiary/aromatic N) is 2. The van der Waals surface area contributed by atoms with Crippen LogP contribution < -0.4 is 5.32 Å². The molecule has 0 saturated heterocycles. The summed E-state index contributed by atoms with van der Waals surface area (Å²) in [4.78, 5) is 16.8. The largest absolute Gasteiger partial charge is 0.378 e. The number of pyridine rings is 1. The maximum absolute atomic E-state index is 12.6. The predicted octanol–water partition coefficient (Wildman–Crippen LogP) is 3.73. The molecule has 140 valence electrons. The Morgan fingerprint density at radius 2 is 1.93 bits per heavy atom. The molecule has 0 spiro atoms. The lowest BCUT2D eigenvalue weighted by Crippen LogP contribution is -2.26. The van der Waals surface area contributed by atoms with Gasteiger partial charge in [0.1, 0.15) is 0 Å². The van der Waals surface area contributed by atoms with Crippen LogP contribution in [0.15, 0.2) is 42.6 Å². The normalized spacial score (nSPS) is 12.0. The SMILES string of the molecule is COCc1n[nH]c(C)c1-c1ccc(C(=O)N[C@H](C)c2ccc(C)nc2)cc1. The van der Waals surface area contributed by atoms with Gasteiger partial charge in [0.2, 0.25) is 0 Å². The van der Waals surface area contributed by atoms with E-state index >= 15 is 0 Å². The van der Waals surface area contributed by atoms with E-state index in [9.17, 15) is 4.79 Å². The molecule has 1 amide bonds. The summed E-state index contributed by atoms with van der Waals surface area (Å²) < 4.78 is 5.21. The fourth-order valence-electron chi connectivity index (χ4n) is 2.99. The highest BCUT2D eigenvalue weighted by Gasteiger charge is 2.15. The maximum atomic E-state index is 12.6. The van der Waals surface area contributed by atoms with Gasteiger partial charge in [-0.25, -0.2) is 0 Å². The van der Waals surface area contributed by atoms with Gasteiger partial charge in [-0.15, -0.1) is 0 Å². The Kier molecular flexibility index (Phi) is 5.66. The fourth-order valence-corrected chi connectivity index (χ4v) is 2.99. The minimum atomic E-state index is -0.116. The van der Waals surface area contributed by atoms with E-state index in [1.165, 1.54) is 0 Å². The summed E-state index contributed by atoms with van der Waals surface area (Å²) in [6.45, 7) is 6.29. The van der Waals surface area contributed by atoms with Gasteiger partial charge in [0, 0.05) is 35.8 Å². The Balaban J connectivity index is 1.74. The second kappa shape index (κ2) is 8.14. The van der Waals surface area contributed by atoms with E-state index in [0.717, 1.165) is 33.8 Å². The molecule has 0 aliphatic carbocycles. The first-order valence-corrected chi connectivity index (χ1v) is 8.86. The van der Waals surface area contributed by atoms with E-state index < -0.39 is 0 Å². The summed E-state index contributed by atoms with van der Waals surface area (Å²) in [6.07, 6.45) is 1.79. The molecule has 0 bridgehead atoms. The fraction of sp³-hybridized carbons (Fsp3) is 0.286. The van der Waals surface area contributed by atoms with Crippen molar-refractivity contribution in [2.45, 2.75) is 33.4 Å². The van der Waals surface area contributed by atoms with Gasteiger partial charge in [-0.2, -0.15) is 5.10 Å². The van der Waals surface area contributed by atoms with Crippen LogP contribution in [0.4, 0.5) is 0 Å². The number of carbonyl (C=O) groups is 1. The highest BCUT2D eigenvalue weighted by Crippen LogP contribution is 2.26. The first-order valence-electron chi connectivity index (χ1n) is 8.86. The molecule has 2 N–H and O–H groups in total. The predicted molar refractivity (Wildman–Crippen MR) is 104 cm³/mol. The zero-order valence-corrected chi connectivity index (χ0v) is 16.0. The molecule has 3 aromatic rings. The molecule has 6 nitrogen and oxygen atoms in total. The summed E-state index contributed by atoms with van der Waals surface area (Å²) in [6, 6.07) is 11.3. The van der Waals surface area contributed by atoms with Crippen LogP contribution in [0.5, 0.6) is 0 Å². The topological polar surface area (TPSA) is 79.9 Å². The van der Waals surface area contributed by atoms with Crippen LogP contribution in [0, 0.1) is 13.8 Å². The lowest BCUT2D eigenvalue weighted by Gasteiger charge is -2.14. The number of nitrogens with one attached hydrogen (secondary N) is 2. The number of hydrogen-bond donors (Lipinski definition) is 2. The first-order chi connectivity index (χ1) is 13.0. The van der Waals surface area contributed by atoms with Crippen molar-refractivity contribution < 1.29 is 9.53 Å². The Hall–Kier alpha value is -2.99. The molecule has 2 heterocycles. The summed E-state index contributed by atoms with van der Waals surface area (Å²) in [7, 11) is 1.64. The first kappa shape index (κ1) is 18.8. The third-order valence-corrected chi connectivity index (χ3v) is 4.52. The molecule has 1 atom stereocenters. The van der Waals surface area contributed by atoms with Gasteiger partial charge in [0.25, 0.3) is 5.91 Å². The van der Waals surface area contributed by atoms with Crippen molar-refractivity contribution in [3.8, 4) is 11.1 Å². The van der Waals surface area contributed by atoms with Crippen molar-refractivity contribution in [1.29, 1.82) is 0 Å². The van der Waals surface area contributed by atoms with Crippen LogP contribution in [0.25, 0.3) is 11.1 Å². The average Bonchev–Trinajstić information content (AvgIpc) is 3.03. The second-order valence-corrected chi connectivity index (χ2v) is 6.61. The minimum Gasteiger partial charge on any atom is -0.378 e. The van der Waals surface area contributed by atoms with Crippen molar-refractivity contribution in [3.05, 3.63) is 70.8 Å². The summed E-state index contributed by atoms with van der Waals surface area (Å²) in [5.74, 6) is -0.115. The molecule has 0 radical (unpaired) electrons. The molecule has 0 aliphatic rings. The van der Waals surface area contributed by atoms with Gasteiger partial charge in [-0.1, -0.05) is 18.2 Å². The number of aromatic amines is 1. The van der Waals surface area contributed by atoms with Gasteiger partial charge in [-0.05, 0) is 50.1 Å². The standard InChI is InChI=1S/C21H24N4O2/c1-13-5-6-18(11-22-13)14(2)23-21(26)17-9-7-16(8-10-17)20-15(3)24-25-19(20)12-27-4/h5-11,14H,12H2,1-4H3,(H,23,26)(H,24,25)/t14-/m1/s1. The van der Waals surface area contributed by atoms with Crippen LogP contribution in [-0.2, 0) is 11.3 Å². The second-order valence-electron chi connectivity index (χ2n) is 6.61. The number of methoxy groups -OCH3 is 1. The van der Waals surface area contributed by atoms with Crippen molar-refractivity contribution in [2.75, 3.05) is 7.11 Å². The van der Waals surface area contributed by atoms with Gasteiger partial charge in [0.05, 0.1) is 18.3 Å². The van der Waals surface area contributed by atoms with Crippen molar-refractivity contribution >= 4 is 5.91 Å². The van der Waals surface area contributed by atoms with Crippen LogP contribution in [0.3, 0.4) is 0 Å². The zero-order valence-electron chi connectivity index (χ0n) is 16.0. The van der Waals surface area contributed by atoms with E-state index in [-0.39, 0.29) is 11.9 Å². The van der Waals surface area contributed by atoms with E-state index in [4.69, 9.17) is 4.74 Å². The Morgan fingerprint density at radius 1 is 1.19 bits per heavy atom. The van der Waals surface area contributed by atoms with E-state index in [1.807, 2.05) is 57.2 Å². The number of ether oxygens (including phenoxy) is 1. The van der Waals surface area contributed by atoms with Crippen LogP contribution in [0.2, 0.25) is 0 Å².